The van der Waals surface area contributed by atoms with Gasteiger partial charge < -0.3 is 14.2 Å². The van der Waals surface area contributed by atoms with E-state index in [4.69, 9.17) is 9.47 Å². The van der Waals surface area contributed by atoms with Crippen LogP contribution in [0, 0.1) is 0 Å². The van der Waals surface area contributed by atoms with Crippen molar-refractivity contribution in [1.29, 1.82) is 0 Å². The van der Waals surface area contributed by atoms with Crippen molar-refractivity contribution in [3.05, 3.63) is 17.7 Å². The van der Waals surface area contributed by atoms with Gasteiger partial charge in [-0.1, -0.05) is 0 Å². The standard InChI is InChI=1S/C10H10O5/c1-13-8-4-3-7(5-11)9(15-6-12)10(8)14-2/h3-6H,1-2H3. The molecule has 0 saturated carbocycles. The second kappa shape index (κ2) is 4.99. The molecule has 0 saturated heterocycles. The fraction of sp³-hybridized carbons (Fsp3) is 0.200. The predicted octanol–water partition coefficient (Wildman–Crippen LogP) is 1.05. The van der Waals surface area contributed by atoms with Crippen molar-refractivity contribution in [2.75, 3.05) is 14.2 Å². The van der Waals surface area contributed by atoms with Crippen LogP contribution >= 0.6 is 0 Å². The number of benzene rings is 1. The largest absolute Gasteiger partial charge is 0.493 e. The molecule has 0 aliphatic carbocycles. The summed E-state index contributed by atoms with van der Waals surface area (Å²) < 4.78 is 14.7. The number of ether oxygens (including phenoxy) is 3. The molecule has 0 N–H and O–H groups in total. The number of aldehydes is 1. The number of carbonyl (C=O) groups is 2. The number of carbonyl (C=O) groups excluding carboxylic acids is 2. The van der Waals surface area contributed by atoms with E-state index in [0.717, 1.165) is 0 Å². The minimum absolute atomic E-state index is 0.0573. The summed E-state index contributed by atoms with van der Waals surface area (Å²) in [6.07, 6.45) is 0.570. The Hall–Kier alpha value is -2.04. The highest BCUT2D eigenvalue weighted by molar-refractivity contribution is 5.83. The monoisotopic (exact) mass is 210 g/mol. The number of rotatable bonds is 5. The summed E-state index contributed by atoms with van der Waals surface area (Å²) in [6.45, 7) is 0.226. The Morgan fingerprint density at radius 3 is 2.27 bits per heavy atom. The summed E-state index contributed by atoms with van der Waals surface area (Å²) >= 11 is 0. The maximum Gasteiger partial charge on any atom is 0.298 e. The van der Waals surface area contributed by atoms with Crippen LogP contribution in [-0.2, 0) is 4.79 Å². The van der Waals surface area contributed by atoms with Gasteiger partial charge in [0, 0.05) is 0 Å². The molecule has 5 heteroatoms. The Morgan fingerprint density at radius 2 is 1.80 bits per heavy atom. The number of hydrogen-bond donors (Lipinski definition) is 0. The van der Waals surface area contributed by atoms with Gasteiger partial charge in [0.1, 0.15) is 0 Å². The molecule has 0 aliphatic heterocycles. The van der Waals surface area contributed by atoms with E-state index in [2.05, 4.69) is 4.74 Å². The van der Waals surface area contributed by atoms with E-state index >= 15 is 0 Å². The highest BCUT2D eigenvalue weighted by Crippen LogP contribution is 2.38. The van der Waals surface area contributed by atoms with Gasteiger partial charge in [-0.15, -0.1) is 0 Å². The van der Waals surface area contributed by atoms with Crippen LogP contribution in [0.1, 0.15) is 10.4 Å². The van der Waals surface area contributed by atoms with Gasteiger partial charge in [0.25, 0.3) is 6.47 Å². The van der Waals surface area contributed by atoms with Gasteiger partial charge in [-0.3, -0.25) is 9.59 Å². The van der Waals surface area contributed by atoms with Crippen molar-refractivity contribution in [2.24, 2.45) is 0 Å². The normalized spacial score (nSPS) is 9.20. The van der Waals surface area contributed by atoms with Crippen LogP contribution < -0.4 is 14.2 Å². The van der Waals surface area contributed by atoms with E-state index in [-0.39, 0.29) is 23.5 Å². The molecule has 0 unspecified atom stereocenters. The zero-order valence-corrected chi connectivity index (χ0v) is 8.35. The number of hydrogen-bond acceptors (Lipinski definition) is 5. The molecule has 5 nitrogen and oxygen atoms in total. The van der Waals surface area contributed by atoms with Gasteiger partial charge in [-0.05, 0) is 12.1 Å². The van der Waals surface area contributed by atoms with Crippen molar-refractivity contribution in [2.45, 2.75) is 0 Å². The van der Waals surface area contributed by atoms with Crippen molar-refractivity contribution in [1.82, 2.24) is 0 Å². The van der Waals surface area contributed by atoms with Gasteiger partial charge in [0.15, 0.2) is 17.8 Å². The molecule has 1 rings (SSSR count). The minimum atomic E-state index is 0.0573. The molecule has 15 heavy (non-hydrogen) atoms. The lowest BCUT2D eigenvalue weighted by Gasteiger charge is -2.12. The number of methoxy groups -OCH3 is 2. The minimum Gasteiger partial charge on any atom is -0.493 e. The fourth-order valence-electron chi connectivity index (χ4n) is 1.18. The summed E-state index contributed by atoms with van der Waals surface area (Å²) in [6, 6.07) is 3.04. The first-order valence-corrected chi connectivity index (χ1v) is 4.09. The third kappa shape index (κ3) is 2.07. The molecule has 0 spiro atoms. The Labute approximate surface area is 86.6 Å². The topological polar surface area (TPSA) is 61.8 Å². The van der Waals surface area contributed by atoms with Crippen LogP contribution in [0.15, 0.2) is 12.1 Å². The van der Waals surface area contributed by atoms with Gasteiger partial charge in [-0.25, -0.2) is 0 Å². The molecule has 0 aliphatic rings. The lowest BCUT2D eigenvalue weighted by Crippen LogP contribution is -1.99. The van der Waals surface area contributed by atoms with E-state index in [1.807, 2.05) is 0 Å². The first-order chi connectivity index (χ1) is 7.28. The van der Waals surface area contributed by atoms with Crippen molar-refractivity contribution in [3.63, 3.8) is 0 Å². The quantitative estimate of drug-likeness (QED) is 0.680. The molecule has 1 aromatic rings. The molecule has 0 heterocycles. The molecule has 0 amide bonds. The van der Waals surface area contributed by atoms with Gasteiger partial charge in [0.05, 0.1) is 19.8 Å². The predicted molar refractivity (Wildman–Crippen MR) is 51.6 cm³/mol. The molecule has 80 valence electrons. The lowest BCUT2D eigenvalue weighted by molar-refractivity contribution is -0.120. The van der Waals surface area contributed by atoms with Crippen LogP contribution in [-0.4, -0.2) is 27.0 Å². The summed E-state index contributed by atoms with van der Waals surface area (Å²) in [5.74, 6) is 0.663. The van der Waals surface area contributed by atoms with Crippen LogP contribution in [0.2, 0.25) is 0 Å². The van der Waals surface area contributed by atoms with E-state index in [9.17, 15) is 9.59 Å². The van der Waals surface area contributed by atoms with Gasteiger partial charge >= 0.3 is 0 Å². The highest BCUT2D eigenvalue weighted by atomic mass is 16.6. The molecule has 0 bridgehead atoms. The van der Waals surface area contributed by atoms with Crippen molar-refractivity contribution in [3.8, 4) is 17.2 Å². The van der Waals surface area contributed by atoms with E-state index in [0.29, 0.717) is 12.0 Å². The third-order valence-corrected chi connectivity index (χ3v) is 1.82. The first-order valence-electron chi connectivity index (χ1n) is 4.09. The Bertz CT molecular complexity index is 372. The molecule has 0 fully saturated rings. The van der Waals surface area contributed by atoms with Crippen LogP contribution in [0.3, 0.4) is 0 Å². The smallest absolute Gasteiger partial charge is 0.298 e. The lowest BCUT2D eigenvalue weighted by atomic mass is 10.2. The van der Waals surface area contributed by atoms with Gasteiger partial charge in [-0.2, -0.15) is 0 Å². The van der Waals surface area contributed by atoms with Gasteiger partial charge in [0.2, 0.25) is 5.75 Å². The SMILES string of the molecule is COc1ccc(C=O)c(OC=O)c1OC. The average molecular weight is 210 g/mol. The zero-order valence-electron chi connectivity index (χ0n) is 8.35. The van der Waals surface area contributed by atoms with Crippen molar-refractivity contribution >= 4 is 12.8 Å². The van der Waals surface area contributed by atoms with Crippen LogP contribution in [0.25, 0.3) is 0 Å². The molecule has 0 atom stereocenters. The molecule has 0 radical (unpaired) electrons. The highest BCUT2D eigenvalue weighted by Gasteiger charge is 2.15. The van der Waals surface area contributed by atoms with Crippen LogP contribution in [0.4, 0.5) is 0 Å². The molecular weight excluding hydrogens is 200 g/mol. The van der Waals surface area contributed by atoms with E-state index in [1.165, 1.54) is 20.3 Å². The maximum atomic E-state index is 10.7. The average Bonchev–Trinajstić information content (AvgIpc) is 2.28. The first kappa shape index (κ1) is 11.0. The summed E-state index contributed by atoms with van der Waals surface area (Å²) in [7, 11) is 2.84. The second-order valence-corrected chi connectivity index (χ2v) is 2.55. The van der Waals surface area contributed by atoms with E-state index in [1.54, 1.807) is 6.07 Å². The fourth-order valence-corrected chi connectivity index (χ4v) is 1.18. The maximum absolute atomic E-state index is 10.7. The molecule has 0 aromatic heterocycles. The molecular formula is C10H10O5. The van der Waals surface area contributed by atoms with Crippen LogP contribution in [0.5, 0.6) is 17.2 Å². The Balaban J connectivity index is 3.36. The van der Waals surface area contributed by atoms with E-state index < -0.39 is 0 Å². The Morgan fingerprint density at radius 1 is 1.07 bits per heavy atom. The second-order valence-electron chi connectivity index (χ2n) is 2.55. The Kier molecular flexibility index (Phi) is 3.68. The van der Waals surface area contributed by atoms with Crippen molar-refractivity contribution < 1.29 is 23.8 Å². The zero-order chi connectivity index (χ0) is 11.3. The summed E-state index contributed by atoms with van der Waals surface area (Å²) in [4.78, 5) is 21.0. The molecule has 1 aromatic carbocycles. The summed E-state index contributed by atoms with van der Waals surface area (Å²) in [5.41, 5.74) is 0.222. The summed E-state index contributed by atoms with van der Waals surface area (Å²) in [5, 5.41) is 0. The third-order valence-electron chi connectivity index (χ3n) is 1.82.